The first-order chi connectivity index (χ1) is 8.97. The van der Waals surface area contributed by atoms with Crippen LogP contribution in [0.5, 0.6) is 0 Å². The maximum atomic E-state index is 10.9. The Morgan fingerprint density at radius 3 is 2.79 bits per heavy atom. The Kier molecular flexibility index (Phi) is 4.01. The van der Waals surface area contributed by atoms with Crippen molar-refractivity contribution in [1.29, 1.82) is 0 Å². The zero-order valence-electron chi connectivity index (χ0n) is 9.82. The average Bonchev–Trinajstić information content (AvgIpc) is 2.33. The summed E-state index contributed by atoms with van der Waals surface area (Å²) < 4.78 is 0.790. The van der Waals surface area contributed by atoms with Gasteiger partial charge in [-0.25, -0.2) is 14.8 Å². The van der Waals surface area contributed by atoms with Crippen molar-refractivity contribution in [3.05, 3.63) is 45.1 Å². The number of hydrogen-bond acceptors (Lipinski definition) is 4. The summed E-state index contributed by atoms with van der Waals surface area (Å²) in [5.74, 6) is -0.725. The van der Waals surface area contributed by atoms with Gasteiger partial charge in [0.2, 0.25) is 5.95 Å². The molecular formula is C12H9BrClN3O2. The minimum Gasteiger partial charge on any atom is -0.478 e. The molecule has 0 fully saturated rings. The fourth-order valence-electron chi connectivity index (χ4n) is 1.44. The molecule has 0 spiro atoms. The van der Waals surface area contributed by atoms with E-state index in [1.54, 1.807) is 25.1 Å². The highest BCUT2D eigenvalue weighted by Gasteiger charge is 2.10. The number of carboxylic acids is 1. The van der Waals surface area contributed by atoms with Crippen molar-refractivity contribution < 1.29 is 9.90 Å². The lowest BCUT2D eigenvalue weighted by Gasteiger charge is -2.07. The van der Waals surface area contributed by atoms with Crippen LogP contribution in [0.25, 0.3) is 0 Å². The Hall–Kier alpha value is -1.66. The van der Waals surface area contributed by atoms with E-state index in [1.165, 1.54) is 6.20 Å². The summed E-state index contributed by atoms with van der Waals surface area (Å²) >= 11 is 9.27. The molecule has 0 atom stereocenters. The van der Waals surface area contributed by atoms with Crippen molar-refractivity contribution in [2.45, 2.75) is 6.92 Å². The van der Waals surface area contributed by atoms with Crippen LogP contribution in [0.2, 0.25) is 5.02 Å². The lowest BCUT2D eigenvalue weighted by atomic mass is 10.2. The number of aromatic nitrogens is 2. The minimum atomic E-state index is -1.05. The van der Waals surface area contributed by atoms with E-state index < -0.39 is 5.97 Å². The largest absolute Gasteiger partial charge is 0.478 e. The molecule has 19 heavy (non-hydrogen) atoms. The Bertz CT molecular complexity index is 649. The molecule has 98 valence electrons. The SMILES string of the molecule is Cc1nc(Nc2ccc(Br)c(Cl)c2)ncc1C(=O)O. The highest BCUT2D eigenvalue weighted by atomic mass is 79.9. The molecule has 7 heteroatoms. The quantitative estimate of drug-likeness (QED) is 0.890. The molecule has 0 aliphatic carbocycles. The van der Waals surface area contributed by atoms with Gasteiger partial charge in [-0.15, -0.1) is 0 Å². The number of rotatable bonds is 3. The van der Waals surface area contributed by atoms with Gasteiger partial charge in [0, 0.05) is 16.4 Å². The van der Waals surface area contributed by atoms with Gasteiger partial charge < -0.3 is 10.4 Å². The smallest absolute Gasteiger partial charge is 0.339 e. The van der Waals surface area contributed by atoms with Crippen LogP contribution in [0.4, 0.5) is 11.6 Å². The van der Waals surface area contributed by atoms with Gasteiger partial charge in [0.05, 0.1) is 16.3 Å². The molecule has 0 radical (unpaired) electrons. The van der Waals surface area contributed by atoms with E-state index in [-0.39, 0.29) is 5.56 Å². The van der Waals surface area contributed by atoms with Gasteiger partial charge in [-0.05, 0) is 41.1 Å². The fourth-order valence-corrected chi connectivity index (χ4v) is 1.87. The molecule has 0 saturated carbocycles. The van der Waals surface area contributed by atoms with E-state index >= 15 is 0 Å². The summed E-state index contributed by atoms with van der Waals surface area (Å²) in [5.41, 5.74) is 1.20. The first-order valence-corrected chi connectivity index (χ1v) is 6.43. The number of carbonyl (C=O) groups is 1. The van der Waals surface area contributed by atoms with Gasteiger partial charge in [-0.1, -0.05) is 11.6 Å². The van der Waals surface area contributed by atoms with Crippen LogP contribution in [0, 0.1) is 6.92 Å². The predicted octanol–water partition coefficient (Wildman–Crippen LogP) is 3.64. The topological polar surface area (TPSA) is 75.1 Å². The van der Waals surface area contributed by atoms with Gasteiger partial charge in [-0.2, -0.15) is 0 Å². The van der Waals surface area contributed by atoms with Crippen molar-refractivity contribution >= 4 is 45.1 Å². The number of anilines is 2. The third-order valence-electron chi connectivity index (χ3n) is 2.39. The van der Waals surface area contributed by atoms with Crippen LogP contribution in [0.1, 0.15) is 16.1 Å². The van der Waals surface area contributed by atoms with Crippen LogP contribution in [0.3, 0.4) is 0 Å². The molecule has 0 saturated heterocycles. The van der Waals surface area contributed by atoms with Gasteiger partial charge in [0.25, 0.3) is 0 Å². The van der Waals surface area contributed by atoms with Gasteiger partial charge >= 0.3 is 5.97 Å². The molecule has 1 heterocycles. The number of nitrogens with one attached hydrogen (secondary N) is 1. The molecule has 0 amide bonds. The standard InChI is InChI=1S/C12H9BrClN3O2/c1-6-8(11(18)19)5-15-12(16-6)17-7-2-3-9(13)10(14)4-7/h2-5H,1H3,(H,18,19)(H,15,16,17). The zero-order valence-corrected chi connectivity index (χ0v) is 12.2. The number of carboxylic acid groups (broad SMARTS) is 1. The average molecular weight is 343 g/mol. The van der Waals surface area contributed by atoms with Crippen molar-refractivity contribution in [2.24, 2.45) is 0 Å². The molecule has 1 aromatic heterocycles. The third-order valence-corrected chi connectivity index (χ3v) is 3.62. The summed E-state index contributed by atoms with van der Waals surface area (Å²) in [6.45, 7) is 1.62. The zero-order chi connectivity index (χ0) is 14.0. The van der Waals surface area contributed by atoms with E-state index in [9.17, 15) is 4.79 Å². The first kappa shape index (κ1) is 13.8. The van der Waals surface area contributed by atoms with Gasteiger partial charge in [0.15, 0.2) is 0 Å². The Balaban J connectivity index is 2.26. The maximum absolute atomic E-state index is 10.9. The van der Waals surface area contributed by atoms with Crippen LogP contribution >= 0.6 is 27.5 Å². The second-order valence-corrected chi connectivity index (χ2v) is 5.01. The molecule has 1 aromatic carbocycles. The van der Waals surface area contributed by atoms with Crippen molar-refractivity contribution in [1.82, 2.24) is 9.97 Å². The third kappa shape index (κ3) is 3.21. The van der Waals surface area contributed by atoms with E-state index in [2.05, 4.69) is 31.2 Å². The highest BCUT2D eigenvalue weighted by molar-refractivity contribution is 9.10. The molecule has 5 nitrogen and oxygen atoms in total. The highest BCUT2D eigenvalue weighted by Crippen LogP contribution is 2.26. The number of hydrogen-bond donors (Lipinski definition) is 2. The van der Waals surface area contributed by atoms with Crippen LogP contribution in [-0.2, 0) is 0 Å². The van der Waals surface area contributed by atoms with E-state index in [0.29, 0.717) is 16.7 Å². The van der Waals surface area contributed by atoms with Gasteiger partial charge in [-0.3, -0.25) is 0 Å². The number of aromatic carboxylic acids is 1. The van der Waals surface area contributed by atoms with Crippen molar-refractivity contribution in [3.8, 4) is 0 Å². The van der Waals surface area contributed by atoms with Crippen LogP contribution in [-0.4, -0.2) is 21.0 Å². The second-order valence-electron chi connectivity index (χ2n) is 3.75. The molecule has 0 unspecified atom stereocenters. The lowest BCUT2D eigenvalue weighted by molar-refractivity contribution is 0.0695. The van der Waals surface area contributed by atoms with Crippen molar-refractivity contribution in [2.75, 3.05) is 5.32 Å². The lowest BCUT2D eigenvalue weighted by Crippen LogP contribution is -2.06. The summed E-state index contributed by atoms with van der Waals surface area (Å²) in [6, 6.07) is 5.32. The predicted molar refractivity (Wildman–Crippen MR) is 76.2 cm³/mol. The Morgan fingerprint density at radius 1 is 1.47 bits per heavy atom. The molecule has 0 bridgehead atoms. The summed E-state index contributed by atoms with van der Waals surface area (Å²) in [4.78, 5) is 18.9. The molecular weight excluding hydrogens is 334 g/mol. The maximum Gasteiger partial charge on any atom is 0.339 e. The summed E-state index contributed by atoms with van der Waals surface area (Å²) in [5, 5.41) is 12.4. The van der Waals surface area contributed by atoms with Crippen molar-refractivity contribution in [3.63, 3.8) is 0 Å². The first-order valence-electron chi connectivity index (χ1n) is 5.26. The summed E-state index contributed by atoms with van der Waals surface area (Å²) in [7, 11) is 0. The fraction of sp³-hybridized carbons (Fsp3) is 0.0833. The normalized spacial score (nSPS) is 10.3. The molecule has 0 aliphatic rings. The monoisotopic (exact) mass is 341 g/mol. The minimum absolute atomic E-state index is 0.0828. The number of aryl methyl sites for hydroxylation is 1. The van der Waals surface area contributed by atoms with E-state index in [4.69, 9.17) is 16.7 Å². The Labute approximate surface area is 122 Å². The molecule has 0 aliphatic heterocycles. The van der Waals surface area contributed by atoms with Gasteiger partial charge in [0.1, 0.15) is 0 Å². The number of nitrogens with zero attached hydrogens (tertiary/aromatic N) is 2. The van der Waals surface area contributed by atoms with Crippen LogP contribution < -0.4 is 5.32 Å². The van der Waals surface area contributed by atoms with Crippen LogP contribution in [0.15, 0.2) is 28.9 Å². The second kappa shape index (κ2) is 5.54. The number of halogens is 2. The molecule has 2 rings (SSSR count). The van der Waals surface area contributed by atoms with E-state index in [1.807, 2.05) is 0 Å². The van der Waals surface area contributed by atoms with E-state index in [0.717, 1.165) is 10.2 Å². The summed E-state index contributed by atoms with van der Waals surface area (Å²) in [6.07, 6.45) is 1.27. The number of benzene rings is 1. The molecule has 2 aromatic rings. The molecule has 2 N–H and O–H groups in total. The Morgan fingerprint density at radius 2 is 2.21 bits per heavy atom.